The molecule has 2 aromatic carbocycles. The number of hydrogen-bond acceptors (Lipinski definition) is 0. The molecule has 0 amide bonds. The van der Waals surface area contributed by atoms with Crippen molar-refractivity contribution in [3.8, 4) is 0 Å². The van der Waals surface area contributed by atoms with Gasteiger partial charge in [0.15, 0.2) is 0 Å². The fourth-order valence-corrected chi connectivity index (χ4v) is 1.93. The van der Waals surface area contributed by atoms with Crippen molar-refractivity contribution in [1.82, 2.24) is 0 Å². The van der Waals surface area contributed by atoms with E-state index in [0.29, 0.717) is 0 Å². The van der Waals surface area contributed by atoms with E-state index in [2.05, 4.69) is 44.0 Å². The summed E-state index contributed by atoms with van der Waals surface area (Å²) in [6.45, 7) is 11.5. The number of benzene rings is 2. The lowest BCUT2D eigenvalue weighted by Crippen LogP contribution is -1.84. The molecule has 0 saturated carbocycles. The Hall–Kier alpha value is -2.08. The second-order valence-corrected chi connectivity index (χ2v) is 3.66. The zero-order valence-corrected chi connectivity index (χ0v) is 9.24. The van der Waals surface area contributed by atoms with Gasteiger partial charge in [0.2, 0.25) is 0 Å². The molecule has 0 spiro atoms. The van der Waals surface area contributed by atoms with Crippen LogP contribution in [0.25, 0.3) is 29.0 Å². The lowest BCUT2D eigenvalue weighted by atomic mass is 9.97. The van der Waals surface area contributed by atoms with E-state index >= 15 is 0 Å². The molecule has 16 heavy (non-hydrogen) atoms. The van der Waals surface area contributed by atoms with Gasteiger partial charge in [-0.3, -0.25) is 0 Å². The third-order valence-corrected chi connectivity index (χ3v) is 2.76. The molecule has 0 aliphatic carbocycles. The van der Waals surface area contributed by atoms with Crippen LogP contribution < -0.4 is 0 Å². The molecule has 0 unspecified atom stereocenters. The van der Waals surface area contributed by atoms with Crippen molar-refractivity contribution >= 4 is 29.0 Å². The highest BCUT2D eigenvalue weighted by Gasteiger charge is 2.02. The molecule has 0 saturated heterocycles. The number of fused-ring (bicyclic) bond motifs is 1. The van der Waals surface area contributed by atoms with Crippen molar-refractivity contribution in [2.45, 2.75) is 0 Å². The van der Waals surface area contributed by atoms with E-state index in [1.807, 2.05) is 24.3 Å². The lowest BCUT2D eigenvalue weighted by molar-refractivity contribution is 1.66. The maximum atomic E-state index is 3.85. The summed E-state index contributed by atoms with van der Waals surface area (Å²) in [5, 5.41) is 2.41. The van der Waals surface area contributed by atoms with Gasteiger partial charge in [-0.05, 0) is 39.6 Å². The van der Waals surface area contributed by atoms with Crippen molar-refractivity contribution in [1.29, 1.82) is 0 Å². The third-order valence-electron chi connectivity index (χ3n) is 2.76. The molecule has 0 nitrogen and oxygen atoms in total. The van der Waals surface area contributed by atoms with E-state index in [9.17, 15) is 0 Å². The normalized spacial score (nSPS) is 10.0. The topological polar surface area (TPSA) is 0 Å². The molecule has 2 aromatic rings. The van der Waals surface area contributed by atoms with E-state index in [1.54, 1.807) is 0 Å². The van der Waals surface area contributed by atoms with Crippen LogP contribution in [0.15, 0.2) is 50.1 Å². The Morgan fingerprint density at radius 2 is 1.50 bits per heavy atom. The smallest absolute Gasteiger partial charge is 0.00997 e. The summed E-state index contributed by atoms with van der Waals surface area (Å²) < 4.78 is 0. The molecule has 0 atom stereocenters. The van der Waals surface area contributed by atoms with Crippen molar-refractivity contribution < 1.29 is 0 Å². The quantitative estimate of drug-likeness (QED) is 0.678. The fourth-order valence-electron chi connectivity index (χ4n) is 1.93. The fraction of sp³-hybridized carbons (Fsp3) is 0. The molecule has 2 rings (SSSR count). The van der Waals surface area contributed by atoms with Gasteiger partial charge in [0, 0.05) is 0 Å². The summed E-state index contributed by atoms with van der Waals surface area (Å²) in [6, 6.07) is 10.4. The van der Waals surface area contributed by atoms with Crippen LogP contribution in [0.5, 0.6) is 0 Å². The molecule has 0 radical (unpaired) electrons. The van der Waals surface area contributed by atoms with Crippen LogP contribution in [0.2, 0.25) is 0 Å². The first-order chi connectivity index (χ1) is 7.80. The molecule has 0 heterocycles. The van der Waals surface area contributed by atoms with Crippen LogP contribution in [0.3, 0.4) is 0 Å². The minimum absolute atomic E-state index is 1.11. The minimum Gasteiger partial charge on any atom is -0.0985 e. The maximum absolute atomic E-state index is 3.85. The Kier molecular flexibility index (Phi) is 2.74. The SMILES string of the molecule is C=Cc1cc(C=C)c2cccc(C=C)c2c1. The van der Waals surface area contributed by atoms with Crippen LogP contribution in [0, 0.1) is 0 Å². The molecule has 0 N–H and O–H groups in total. The zero-order valence-electron chi connectivity index (χ0n) is 9.24. The Morgan fingerprint density at radius 3 is 2.12 bits per heavy atom. The van der Waals surface area contributed by atoms with E-state index in [-0.39, 0.29) is 0 Å². The molecule has 0 aromatic heterocycles. The summed E-state index contributed by atoms with van der Waals surface area (Å²) in [4.78, 5) is 0. The van der Waals surface area contributed by atoms with Gasteiger partial charge in [0.1, 0.15) is 0 Å². The van der Waals surface area contributed by atoms with Gasteiger partial charge in [-0.15, -0.1) is 0 Å². The van der Waals surface area contributed by atoms with Gasteiger partial charge in [0.25, 0.3) is 0 Å². The Balaban J connectivity index is 2.93. The average molecular weight is 206 g/mol. The first kappa shape index (κ1) is 10.4. The summed E-state index contributed by atoms with van der Waals surface area (Å²) in [5.41, 5.74) is 3.39. The predicted octanol–water partition coefficient (Wildman–Crippen LogP) is 4.77. The summed E-state index contributed by atoms with van der Waals surface area (Å²) in [7, 11) is 0. The van der Waals surface area contributed by atoms with Gasteiger partial charge in [0.05, 0.1) is 0 Å². The second kappa shape index (κ2) is 4.19. The minimum atomic E-state index is 1.11. The Labute approximate surface area is 96.2 Å². The van der Waals surface area contributed by atoms with Crippen LogP contribution in [-0.2, 0) is 0 Å². The molecule has 0 heteroatoms. The van der Waals surface area contributed by atoms with Crippen molar-refractivity contribution in [3.05, 3.63) is 66.8 Å². The van der Waals surface area contributed by atoms with E-state index in [1.165, 1.54) is 10.8 Å². The Bertz CT molecular complexity index is 574. The Morgan fingerprint density at radius 1 is 0.750 bits per heavy atom. The second-order valence-electron chi connectivity index (χ2n) is 3.66. The summed E-state index contributed by atoms with van der Waals surface area (Å²) in [5.74, 6) is 0. The molecule has 0 aliphatic rings. The highest BCUT2D eigenvalue weighted by atomic mass is 14.1. The maximum Gasteiger partial charge on any atom is -0.00997 e. The van der Waals surface area contributed by atoms with Crippen molar-refractivity contribution in [3.63, 3.8) is 0 Å². The molecule has 0 bridgehead atoms. The summed E-state index contributed by atoms with van der Waals surface area (Å²) >= 11 is 0. The summed E-state index contributed by atoms with van der Waals surface area (Å²) in [6.07, 6.45) is 5.61. The highest BCUT2D eigenvalue weighted by molar-refractivity contribution is 5.97. The standard InChI is InChI=1S/C16H14/c1-4-12-10-14(6-3)15-9-7-8-13(5-2)16(15)11-12/h4-11H,1-3H2. The number of hydrogen-bond donors (Lipinski definition) is 0. The first-order valence-electron chi connectivity index (χ1n) is 5.24. The van der Waals surface area contributed by atoms with E-state index < -0.39 is 0 Å². The zero-order chi connectivity index (χ0) is 11.5. The van der Waals surface area contributed by atoms with Crippen molar-refractivity contribution in [2.75, 3.05) is 0 Å². The highest BCUT2D eigenvalue weighted by Crippen LogP contribution is 2.26. The first-order valence-corrected chi connectivity index (χ1v) is 5.24. The van der Waals surface area contributed by atoms with Crippen molar-refractivity contribution in [2.24, 2.45) is 0 Å². The molecule has 0 fully saturated rings. The van der Waals surface area contributed by atoms with Gasteiger partial charge in [-0.25, -0.2) is 0 Å². The van der Waals surface area contributed by atoms with Gasteiger partial charge in [-0.1, -0.05) is 56.2 Å². The van der Waals surface area contributed by atoms with Crippen LogP contribution in [-0.4, -0.2) is 0 Å². The number of rotatable bonds is 3. The monoisotopic (exact) mass is 206 g/mol. The molecular weight excluding hydrogens is 192 g/mol. The van der Waals surface area contributed by atoms with Crippen LogP contribution in [0.4, 0.5) is 0 Å². The van der Waals surface area contributed by atoms with Gasteiger partial charge in [-0.2, -0.15) is 0 Å². The van der Waals surface area contributed by atoms with E-state index in [0.717, 1.165) is 16.7 Å². The third kappa shape index (κ3) is 1.59. The predicted molar refractivity (Wildman–Crippen MR) is 74.2 cm³/mol. The van der Waals surface area contributed by atoms with E-state index in [4.69, 9.17) is 0 Å². The molecular formula is C16H14. The van der Waals surface area contributed by atoms with Crippen LogP contribution >= 0.6 is 0 Å². The van der Waals surface area contributed by atoms with Gasteiger partial charge >= 0.3 is 0 Å². The molecule has 78 valence electrons. The van der Waals surface area contributed by atoms with Crippen LogP contribution in [0.1, 0.15) is 16.7 Å². The average Bonchev–Trinajstić information content (AvgIpc) is 2.36. The lowest BCUT2D eigenvalue weighted by Gasteiger charge is -2.07. The molecule has 0 aliphatic heterocycles. The largest absolute Gasteiger partial charge is 0.0985 e. The van der Waals surface area contributed by atoms with Gasteiger partial charge < -0.3 is 0 Å².